The van der Waals surface area contributed by atoms with Gasteiger partial charge in [-0.1, -0.05) is 17.3 Å². The van der Waals surface area contributed by atoms with Gasteiger partial charge in [-0.2, -0.15) is 21.6 Å². The van der Waals surface area contributed by atoms with Crippen LogP contribution in [0, 0.1) is 11.3 Å². The molecule has 0 fully saturated rings. The lowest BCUT2D eigenvalue weighted by Crippen LogP contribution is -1.99. The van der Waals surface area contributed by atoms with Crippen LogP contribution < -0.4 is 4.74 Å². The Morgan fingerprint density at radius 2 is 2.20 bits per heavy atom. The molecule has 0 spiro atoms. The number of aromatic nitrogens is 2. The van der Waals surface area contributed by atoms with Crippen molar-refractivity contribution in [3.05, 3.63) is 52.5 Å². The third-order valence-electron chi connectivity index (χ3n) is 2.60. The predicted octanol–water partition coefficient (Wildman–Crippen LogP) is 3.25. The van der Waals surface area contributed by atoms with Gasteiger partial charge >= 0.3 is 0 Å². The lowest BCUT2D eigenvalue weighted by atomic mass is 10.2. The van der Waals surface area contributed by atoms with E-state index in [2.05, 4.69) is 16.2 Å². The lowest BCUT2D eigenvalue weighted by Gasteiger charge is -2.04. The number of benzene rings is 1. The molecule has 0 aliphatic rings. The maximum atomic E-state index is 8.97. The second kappa shape index (κ2) is 5.55. The molecule has 0 bridgehead atoms. The third-order valence-corrected chi connectivity index (χ3v) is 3.28. The minimum Gasteiger partial charge on any atom is -0.484 e. The molecule has 0 saturated heterocycles. The molecule has 6 heteroatoms. The summed E-state index contributed by atoms with van der Waals surface area (Å²) in [7, 11) is 0. The van der Waals surface area contributed by atoms with Crippen LogP contribution in [0.5, 0.6) is 5.75 Å². The van der Waals surface area contributed by atoms with Gasteiger partial charge in [-0.25, -0.2) is 0 Å². The zero-order valence-electron chi connectivity index (χ0n) is 10.3. The van der Waals surface area contributed by atoms with E-state index in [0.29, 0.717) is 23.0 Å². The zero-order valence-corrected chi connectivity index (χ0v) is 11.1. The summed E-state index contributed by atoms with van der Waals surface area (Å²) in [6.07, 6.45) is 0. The number of hydrogen-bond donors (Lipinski definition) is 0. The van der Waals surface area contributed by atoms with Gasteiger partial charge in [0.15, 0.2) is 6.61 Å². The number of rotatable bonds is 4. The highest BCUT2D eigenvalue weighted by molar-refractivity contribution is 7.08. The van der Waals surface area contributed by atoms with Crippen LogP contribution in [0.15, 0.2) is 45.6 Å². The van der Waals surface area contributed by atoms with E-state index < -0.39 is 0 Å². The minimum absolute atomic E-state index is 0.159. The Balaban J connectivity index is 1.72. The molecule has 0 aliphatic heterocycles. The molecular weight excluding hydrogens is 274 g/mol. The Morgan fingerprint density at radius 1 is 1.30 bits per heavy atom. The molecule has 3 aromatic rings. The number of thiophene rings is 1. The zero-order chi connectivity index (χ0) is 13.8. The molecule has 20 heavy (non-hydrogen) atoms. The van der Waals surface area contributed by atoms with Gasteiger partial charge in [-0.05, 0) is 23.6 Å². The fourth-order valence-electron chi connectivity index (χ4n) is 1.64. The first-order valence-electron chi connectivity index (χ1n) is 5.84. The van der Waals surface area contributed by atoms with Crippen LogP contribution in [0.1, 0.15) is 11.4 Å². The van der Waals surface area contributed by atoms with Gasteiger partial charge in [0, 0.05) is 5.38 Å². The Kier molecular flexibility index (Phi) is 3.44. The van der Waals surface area contributed by atoms with Crippen LogP contribution in [0.25, 0.3) is 11.5 Å². The smallest absolute Gasteiger partial charge is 0.258 e. The molecule has 3 rings (SSSR count). The van der Waals surface area contributed by atoms with E-state index in [4.69, 9.17) is 14.5 Å². The summed E-state index contributed by atoms with van der Waals surface area (Å²) in [5, 5.41) is 16.7. The van der Waals surface area contributed by atoms with E-state index in [1.54, 1.807) is 29.5 Å². The Hall–Kier alpha value is -2.65. The number of ether oxygens (including phenoxy) is 1. The van der Waals surface area contributed by atoms with Crippen molar-refractivity contribution in [3.8, 4) is 23.3 Å². The summed E-state index contributed by atoms with van der Waals surface area (Å²) in [5.41, 5.74) is 1.38. The standard InChI is InChI=1S/C14H9N3O2S/c15-7-10-3-1-2-4-12(10)18-8-13-16-14(19-17-13)11-5-6-20-9-11/h1-6,9H,8H2. The van der Waals surface area contributed by atoms with Crippen molar-refractivity contribution in [2.24, 2.45) is 0 Å². The van der Waals surface area contributed by atoms with Crippen LogP contribution >= 0.6 is 11.3 Å². The van der Waals surface area contributed by atoms with Gasteiger partial charge < -0.3 is 9.26 Å². The number of hydrogen-bond acceptors (Lipinski definition) is 6. The molecule has 0 atom stereocenters. The van der Waals surface area contributed by atoms with E-state index in [-0.39, 0.29) is 6.61 Å². The van der Waals surface area contributed by atoms with Crippen molar-refractivity contribution < 1.29 is 9.26 Å². The summed E-state index contributed by atoms with van der Waals surface area (Å²) in [5.74, 6) is 1.43. The molecule has 0 radical (unpaired) electrons. The molecule has 0 saturated carbocycles. The van der Waals surface area contributed by atoms with Gasteiger partial charge in [0.25, 0.3) is 5.89 Å². The molecular formula is C14H9N3O2S. The van der Waals surface area contributed by atoms with Crippen molar-refractivity contribution in [3.63, 3.8) is 0 Å². The first-order valence-corrected chi connectivity index (χ1v) is 6.78. The monoisotopic (exact) mass is 283 g/mol. The second-order valence-electron chi connectivity index (χ2n) is 3.92. The Bertz CT molecular complexity index is 744. The van der Waals surface area contributed by atoms with Crippen LogP contribution in [-0.4, -0.2) is 10.1 Å². The van der Waals surface area contributed by atoms with Gasteiger partial charge in [-0.3, -0.25) is 0 Å². The largest absolute Gasteiger partial charge is 0.484 e. The molecule has 5 nitrogen and oxygen atoms in total. The van der Waals surface area contributed by atoms with Gasteiger partial charge in [0.05, 0.1) is 11.1 Å². The summed E-state index contributed by atoms with van der Waals surface area (Å²) in [6.45, 7) is 0.159. The number of nitrogens with zero attached hydrogens (tertiary/aromatic N) is 3. The van der Waals surface area contributed by atoms with Crippen molar-refractivity contribution in [2.45, 2.75) is 6.61 Å². The van der Waals surface area contributed by atoms with E-state index in [9.17, 15) is 0 Å². The maximum absolute atomic E-state index is 8.97. The highest BCUT2D eigenvalue weighted by atomic mass is 32.1. The van der Waals surface area contributed by atoms with Crippen LogP contribution in [-0.2, 0) is 6.61 Å². The summed E-state index contributed by atoms with van der Waals surface area (Å²) < 4.78 is 10.7. The van der Waals surface area contributed by atoms with E-state index >= 15 is 0 Å². The minimum atomic E-state index is 0.159. The van der Waals surface area contributed by atoms with Crippen LogP contribution in [0.4, 0.5) is 0 Å². The van der Waals surface area contributed by atoms with E-state index in [1.165, 1.54) is 0 Å². The molecule has 0 unspecified atom stereocenters. The van der Waals surface area contributed by atoms with Gasteiger partial charge in [-0.15, -0.1) is 0 Å². The maximum Gasteiger partial charge on any atom is 0.258 e. The Labute approximate surface area is 119 Å². The van der Waals surface area contributed by atoms with Gasteiger partial charge in [0.2, 0.25) is 5.82 Å². The van der Waals surface area contributed by atoms with Crippen molar-refractivity contribution in [1.29, 1.82) is 5.26 Å². The molecule has 98 valence electrons. The van der Waals surface area contributed by atoms with Crippen molar-refractivity contribution in [2.75, 3.05) is 0 Å². The quantitative estimate of drug-likeness (QED) is 0.735. The predicted molar refractivity (Wildman–Crippen MR) is 73.1 cm³/mol. The summed E-state index contributed by atoms with van der Waals surface area (Å²) in [4.78, 5) is 4.24. The molecule has 2 aromatic heterocycles. The summed E-state index contributed by atoms with van der Waals surface area (Å²) in [6, 6.07) is 11.0. The number of nitriles is 1. The second-order valence-corrected chi connectivity index (χ2v) is 4.70. The highest BCUT2D eigenvalue weighted by Gasteiger charge is 2.10. The molecule has 2 heterocycles. The third kappa shape index (κ3) is 2.53. The average Bonchev–Trinajstić information content (AvgIpc) is 3.16. The van der Waals surface area contributed by atoms with E-state index in [0.717, 1.165) is 5.56 Å². The SMILES string of the molecule is N#Cc1ccccc1OCc1noc(-c2ccsc2)n1. The molecule has 0 aliphatic carbocycles. The lowest BCUT2D eigenvalue weighted by molar-refractivity contribution is 0.286. The van der Waals surface area contributed by atoms with Crippen LogP contribution in [0.3, 0.4) is 0 Å². The summed E-state index contributed by atoms with van der Waals surface area (Å²) >= 11 is 1.56. The first-order chi connectivity index (χ1) is 9.86. The Morgan fingerprint density at radius 3 is 3.00 bits per heavy atom. The van der Waals surface area contributed by atoms with Crippen LogP contribution in [0.2, 0.25) is 0 Å². The topological polar surface area (TPSA) is 71.9 Å². The normalized spacial score (nSPS) is 10.2. The number of para-hydroxylation sites is 1. The first kappa shape index (κ1) is 12.4. The van der Waals surface area contributed by atoms with E-state index in [1.807, 2.05) is 22.9 Å². The fraction of sp³-hybridized carbons (Fsp3) is 0.0714. The van der Waals surface area contributed by atoms with Gasteiger partial charge in [0.1, 0.15) is 11.8 Å². The van der Waals surface area contributed by atoms with Crippen molar-refractivity contribution in [1.82, 2.24) is 10.1 Å². The average molecular weight is 283 g/mol. The molecule has 1 aromatic carbocycles. The molecule has 0 N–H and O–H groups in total. The van der Waals surface area contributed by atoms with Crippen molar-refractivity contribution >= 4 is 11.3 Å². The highest BCUT2D eigenvalue weighted by Crippen LogP contribution is 2.21. The fourth-order valence-corrected chi connectivity index (χ4v) is 2.27. The molecule has 0 amide bonds.